The van der Waals surface area contributed by atoms with Crippen LogP contribution < -0.4 is 5.73 Å². The predicted molar refractivity (Wildman–Crippen MR) is 66.4 cm³/mol. The van der Waals surface area contributed by atoms with Gasteiger partial charge in [0.05, 0.1) is 5.69 Å². The number of aromatic nitrogens is 2. The lowest BCUT2D eigenvalue weighted by Gasteiger charge is -2.13. The van der Waals surface area contributed by atoms with Crippen molar-refractivity contribution in [2.45, 2.75) is 20.0 Å². The molecule has 0 aliphatic carbocycles. The highest BCUT2D eigenvalue weighted by atomic mass is 16.3. The summed E-state index contributed by atoms with van der Waals surface area (Å²) in [6.07, 6.45) is 2.56. The Labute approximate surface area is 100 Å². The van der Waals surface area contributed by atoms with E-state index in [2.05, 4.69) is 9.97 Å². The molecule has 2 heterocycles. The van der Waals surface area contributed by atoms with Crippen LogP contribution >= 0.6 is 0 Å². The summed E-state index contributed by atoms with van der Waals surface area (Å²) in [6, 6.07) is 5.53. The topological polar surface area (TPSA) is 72.0 Å². The van der Waals surface area contributed by atoms with E-state index in [4.69, 9.17) is 5.73 Å². The van der Waals surface area contributed by atoms with Gasteiger partial charge in [-0.25, -0.2) is 4.98 Å². The van der Waals surface area contributed by atoms with Crippen molar-refractivity contribution in [1.29, 1.82) is 0 Å². The van der Waals surface area contributed by atoms with Crippen LogP contribution in [0.3, 0.4) is 0 Å². The molecule has 0 fully saturated rings. The summed E-state index contributed by atoms with van der Waals surface area (Å²) in [5.41, 5.74) is 8.95. The van der Waals surface area contributed by atoms with Crippen LogP contribution in [0, 0.1) is 13.8 Å². The molecule has 2 aromatic rings. The van der Waals surface area contributed by atoms with E-state index >= 15 is 0 Å². The van der Waals surface area contributed by atoms with E-state index < -0.39 is 6.10 Å². The highest BCUT2D eigenvalue weighted by Crippen LogP contribution is 2.24. The lowest BCUT2D eigenvalue weighted by atomic mass is 10.0. The van der Waals surface area contributed by atoms with Gasteiger partial charge < -0.3 is 10.8 Å². The highest BCUT2D eigenvalue weighted by Gasteiger charge is 2.15. The zero-order valence-electron chi connectivity index (χ0n) is 9.88. The Morgan fingerprint density at radius 3 is 2.47 bits per heavy atom. The number of hydrogen-bond acceptors (Lipinski definition) is 4. The van der Waals surface area contributed by atoms with Gasteiger partial charge in [0, 0.05) is 18.0 Å². The molecule has 0 aliphatic rings. The van der Waals surface area contributed by atoms with Gasteiger partial charge in [-0.1, -0.05) is 6.07 Å². The van der Waals surface area contributed by atoms with Gasteiger partial charge in [-0.05, 0) is 37.1 Å². The number of aryl methyl sites for hydroxylation is 2. The SMILES string of the molecule is Cc1ccc(C(O)c2cc(C)cnc2N)nc1. The first kappa shape index (κ1) is 11.5. The van der Waals surface area contributed by atoms with Crippen LogP contribution in [0.2, 0.25) is 0 Å². The molecule has 1 unspecified atom stereocenters. The first-order chi connectivity index (χ1) is 8.08. The van der Waals surface area contributed by atoms with Gasteiger partial charge in [-0.15, -0.1) is 0 Å². The summed E-state index contributed by atoms with van der Waals surface area (Å²) in [7, 11) is 0. The Morgan fingerprint density at radius 2 is 1.82 bits per heavy atom. The molecule has 4 nitrogen and oxygen atoms in total. The van der Waals surface area contributed by atoms with Gasteiger partial charge >= 0.3 is 0 Å². The lowest BCUT2D eigenvalue weighted by Crippen LogP contribution is -2.07. The summed E-state index contributed by atoms with van der Waals surface area (Å²) < 4.78 is 0. The van der Waals surface area contributed by atoms with Crippen molar-refractivity contribution in [2.75, 3.05) is 5.73 Å². The zero-order valence-corrected chi connectivity index (χ0v) is 9.88. The number of rotatable bonds is 2. The molecule has 0 saturated heterocycles. The number of anilines is 1. The number of aliphatic hydroxyl groups excluding tert-OH is 1. The zero-order chi connectivity index (χ0) is 12.4. The minimum absolute atomic E-state index is 0.338. The quantitative estimate of drug-likeness (QED) is 0.823. The van der Waals surface area contributed by atoms with Gasteiger partial charge in [-0.3, -0.25) is 4.98 Å². The van der Waals surface area contributed by atoms with Crippen LogP contribution in [0.5, 0.6) is 0 Å². The summed E-state index contributed by atoms with van der Waals surface area (Å²) >= 11 is 0. The molecule has 0 aromatic carbocycles. The van der Waals surface area contributed by atoms with E-state index in [1.165, 1.54) is 0 Å². The fraction of sp³-hybridized carbons (Fsp3) is 0.231. The molecule has 0 spiro atoms. The Bertz CT molecular complexity index is 523. The molecule has 0 radical (unpaired) electrons. The molecule has 0 amide bonds. The molecule has 2 rings (SSSR count). The van der Waals surface area contributed by atoms with Crippen LogP contribution in [0.4, 0.5) is 5.82 Å². The van der Waals surface area contributed by atoms with Crippen molar-refractivity contribution in [2.24, 2.45) is 0 Å². The smallest absolute Gasteiger partial charge is 0.129 e. The van der Waals surface area contributed by atoms with Crippen molar-refractivity contribution in [1.82, 2.24) is 9.97 Å². The van der Waals surface area contributed by atoms with Crippen molar-refractivity contribution >= 4 is 5.82 Å². The number of nitrogens with zero attached hydrogens (tertiary/aromatic N) is 2. The van der Waals surface area contributed by atoms with Crippen LogP contribution in [0.25, 0.3) is 0 Å². The Morgan fingerprint density at radius 1 is 1.12 bits per heavy atom. The number of aliphatic hydroxyl groups is 1. The molecular formula is C13H15N3O. The third-order valence-corrected chi connectivity index (χ3v) is 2.60. The van der Waals surface area contributed by atoms with Gasteiger partial charge in [0.25, 0.3) is 0 Å². The summed E-state index contributed by atoms with van der Waals surface area (Å²) in [5.74, 6) is 0.338. The van der Waals surface area contributed by atoms with Gasteiger partial charge in [-0.2, -0.15) is 0 Å². The van der Waals surface area contributed by atoms with E-state index in [0.717, 1.165) is 11.1 Å². The maximum absolute atomic E-state index is 10.2. The molecule has 0 aliphatic heterocycles. The minimum atomic E-state index is -0.831. The molecule has 0 bridgehead atoms. The van der Waals surface area contributed by atoms with Crippen LogP contribution in [-0.4, -0.2) is 15.1 Å². The largest absolute Gasteiger partial charge is 0.383 e. The Hall–Kier alpha value is -1.94. The van der Waals surface area contributed by atoms with Crippen molar-refractivity contribution in [3.05, 3.63) is 53.0 Å². The third kappa shape index (κ3) is 2.42. The molecular weight excluding hydrogens is 214 g/mol. The Balaban J connectivity index is 2.39. The van der Waals surface area contributed by atoms with E-state index in [1.54, 1.807) is 18.5 Å². The Kier molecular flexibility index (Phi) is 3.06. The monoisotopic (exact) mass is 229 g/mol. The molecule has 3 N–H and O–H groups in total. The van der Waals surface area contributed by atoms with Crippen molar-refractivity contribution in [3.63, 3.8) is 0 Å². The van der Waals surface area contributed by atoms with Gasteiger partial charge in [0.15, 0.2) is 0 Å². The maximum Gasteiger partial charge on any atom is 0.129 e. The molecule has 2 aromatic heterocycles. The van der Waals surface area contributed by atoms with E-state index in [-0.39, 0.29) is 0 Å². The molecule has 4 heteroatoms. The first-order valence-electron chi connectivity index (χ1n) is 5.40. The number of nitrogens with two attached hydrogens (primary N) is 1. The van der Waals surface area contributed by atoms with E-state index in [1.807, 2.05) is 26.0 Å². The summed E-state index contributed by atoms with van der Waals surface area (Å²) in [4.78, 5) is 8.22. The number of pyridine rings is 2. The molecule has 1 atom stereocenters. The van der Waals surface area contributed by atoms with Crippen LogP contribution in [-0.2, 0) is 0 Å². The first-order valence-corrected chi connectivity index (χ1v) is 5.40. The van der Waals surface area contributed by atoms with Gasteiger partial charge in [0.2, 0.25) is 0 Å². The predicted octanol–water partition coefficient (Wildman–Crippen LogP) is 1.76. The summed E-state index contributed by atoms with van der Waals surface area (Å²) in [6.45, 7) is 3.86. The normalized spacial score (nSPS) is 12.4. The van der Waals surface area contributed by atoms with Gasteiger partial charge in [0.1, 0.15) is 11.9 Å². The third-order valence-electron chi connectivity index (χ3n) is 2.60. The second-order valence-corrected chi connectivity index (χ2v) is 4.15. The fourth-order valence-electron chi connectivity index (χ4n) is 1.62. The number of nitrogen functional groups attached to an aromatic ring is 1. The van der Waals surface area contributed by atoms with Crippen LogP contribution in [0.15, 0.2) is 30.6 Å². The average molecular weight is 229 g/mol. The average Bonchev–Trinajstić information content (AvgIpc) is 2.32. The van der Waals surface area contributed by atoms with Crippen LogP contribution in [0.1, 0.15) is 28.5 Å². The van der Waals surface area contributed by atoms with E-state index in [9.17, 15) is 5.11 Å². The van der Waals surface area contributed by atoms with Crippen molar-refractivity contribution < 1.29 is 5.11 Å². The number of hydrogen-bond donors (Lipinski definition) is 2. The lowest BCUT2D eigenvalue weighted by molar-refractivity contribution is 0.215. The van der Waals surface area contributed by atoms with Crippen molar-refractivity contribution in [3.8, 4) is 0 Å². The minimum Gasteiger partial charge on any atom is -0.383 e. The molecule has 88 valence electrons. The fourth-order valence-corrected chi connectivity index (χ4v) is 1.62. The summed E-state index contributed by atoms with van der Waals surface area (Å²) in [5, 5.41) is 10.2. The standard InChI is InChI=1S/C13H15N3O/c1-8-3-4-11(15-6-8)12(17)10-5-9(2)7-16-13(10)14/h3-7,12,17H,1-2H3,(H2,14,16). The second-order valence-electron chi connectivity index (χ2n) is 4.15. The van der Waals surface area contributed by atoms with E-state index in [0.29, 0.717) is 17.1 Å². The molecule has 0 saturated carbocycles. The second kappa shape index (κ2) is 4.51. The maximum atomic E-state index is 10.2. The highest BCUT2D eigenvalue weighted by molar-refractivity contribution is 5.45. The molecule has 17 heavy (non-hydrogen) atoms.